The van der Waals surface area contributed by atoms with E-state index in [2.05, 4.69) is 10.6 Å². The Hall–Kier alpha value is -4.15. The summed E-state index contributed by atoms with van der Waals surface area (Å²) in [7, 11) is 0. The Bertz CT molecular complexity index is 1280. The van der Waals surface area contributed by atoms with Crippen LogP contribution < -0.4 is 15.5 Å². The molecule has 2 aromatic rings. The van der Waals surface area contributed by atoms with Crippen LogP contribution in [0.1, 0.15) is 66.3 Å². The zero-order valence-corrected chi connectivity index (χ0v) is 22.8. The van der Waals surface area contributed by atoms with Crippen molar-refractivity contribution in [2.75, 3.05) is 36.4 Å². The van der Waals surface area contributed by atoms with E-state index in [0.29, 0.717) is 49.5 Å². The molecule has 0 aromatic heterocycles. The van der Waals surface area contributed by atoms with Crippen LogP contribution in [0.3, 0.4) is 0 Å². The van der Waals surface area contributed by atoms with Crippen LogP contribution in [0.25, 0.3) is 0 Å². The maximum Gasteiger partial charge on any atom is 0.410 e. The zero-order chi connectivity index (χ0) is 28.3. The van der Waals surface area contributed by atoms with Gasteiger partial charge in [0.05, 0.1) is 4.92 Å². The summed E-state index contributed by atoms with van der Waals surface area (Å²) in [5.74, 6) is -0.862. The van der Waals surface area contributed by atoms with E-state index in [0.717, 1.165) is 18.4 Å². The van der Waals surface area contributed by atoms with Gasteiger partial charge in [0, 0.05) is 55.2 Å². The summed E-state index contributed by atoms with van der Waals surface area (Å²) in [5.41, 5.74) is 1.18. The molecule has 2 aromatic carbocycles. The Morgan fingerprint density at radius 1 is 1.00 bits per heavy atom. The highest BCUT2D eigenvalue weighted by atomic mass is 16.6. The number of aryl methyl sites for hydroxylation is 1. The molecular weight excluding hydrogens is 502 g/mol. The molecule has 1 saturated heterocycles. The molecule has 0 spiro atoms. The number of nitrogens with one attached hydrogen (secondary N) is 2. The third kappa shape index (κ3) is 7.24. The van der Waals surface area contributed by atoms with E-state index in [4.69, 9.17) is 4.74 Å². The van der Waals surface area contributed by atoms with Crippen molar-refractivity contribution >= 4 is 35.0 Å². The van der Waals surface area contributed by atoms with Crippen molar-refractivity contribution in [3.05, 3.63) is 63.2 Å². The number of nitrogens with zero attached hydrogens (tertiary/aromatic N) is 3. The predicted molar refractivity (Wildman–Crippen MR) is 147 cm³/mol. The van der Waals surface area contributed by atoms with Gasteiger partial charge >= 0.3 is 6.09 Å². The summed E-state index contributed by atoms with van der Waals surface area (Å²) in [6.07, 6.45) is 2.21. The van der Waals surface area contributed by atoms with Gasteiger partial charge < -0.3 is 25.2 Å². The van der Waals surface area contributed by atoms with Crippen molar-refractivity contribution in [1.82, 2.24) is 10.2 Å². The molecule has 1 aliphatic carbocycles. The SMILES string of the molecule is Cc1ccc(C(=O)NC2CC2)cc1NC(=O)c1cc(N2CCCN(C(=O)OC(C)(C)C)CC2)ccc1[N+](=O)[O-]. The number of ether oxygens (including phenoxy) is 1. The molecule has 2 aliphatic rings. The van der Waals surface area contributed by atoms with Crippen LogP contribution in [-0.4, -0.2) is 65.6 Å². The lowest BCUT2D eigenvalue weighted by atomic mass is 10.1. The van der Waals surface area contributed by atoms with Crippen LogP contribution in [0.2, 0.25) is 0 Å². The third-order valence-electron chi connectivity index (χ3n) is 6.59. The molecule has 1 heterocycles. The molecule has 39 heavy (non-hydrogen) atoms. The van der Waals surface area contributed by atoms with Gasteiger partial charge in [-0.1, -0.05) is 6.07 Å². The number of carbonyl (C=O) groups is 3. The van der Waals surface area contributed by atoms with Crippen LogP contribution in [0, 0.1) is 17.0 Å². The summed E-state index contributed by atoms with van der Waals surface area (Å²) < 4.78 is 5.49. The standard InChI is InChI=1S/C28H35N5O6/c1-18-6-7-19(25(34)29-20-8-9-20)16-23(18)30-26(35)22-17-21(10-11-24(22)33(37)38)31-12-5-13-32(15-14-31)27(36)39-28(2,3)4/h6-7,10-11,16-17,20H,5,8-9,12-15H2,1-4H3,(H,29,34)(H,30,35). The van der Waals surface area contributed by atoms with Crippen molar-refractivity contribution in [2.24, 2.45) is 0 Å². The van der Waals surface area contributed by atoms with E-state index in [1.54, 1.807) is 36.1 Å². The van der Waals surface area contributed by atoms with Gasteiger partial charge in [-0.3, -0.25) is 19.7 Å². The van der Waals surface area contributed by atoms with E-state index in [-0.39, 0.29) is 29.3 Å². The molecule has 2 N–H and O–H groups in total. The highest BCUT2D eigenvalue weighted by molar-refractivity contribution is 6.08. The quantitative estimate of drug-likeness (QED) is 0.409. The normalized spacial score (nSPS) is 15.8. The number of carbonyl (C=O) groups excluding carboxylic acids is 3. The number of hydrogen-bond acceptors (Lipinski definition) is 7. The van der Waals surface area contributed by atoms with Gasteiger partial charge in [0.25, 0.3) is 17.5 Å². The second-order valence-electron chi connectivity index (χ2n) is 11.0. The van der Waals surface area contributed by atoms with Gasteiger partial charge in [0.1, 0.15) is 11.2 Å². The number of anilines is 2. The molecule has 2 fully saturated rings. The monoisotopic (exact) mass is 537 g/mol. The van der Waals surface area contributed by atoms with Gasteiger partial charge in [-0.05, 0) is 76.8 Å². The maximum absolute atomic E-state index is 13.3. The summed E-state index contributed by atoms with van der Waals surface area (Å²) >= 11 is 0. The van der Waals surface area contributed by atoms with E-state index in [1.807, 2.05) is 25.7 Å². The van der Waals surface area contributed by atoms with Gasteiger partial charge in [-0.15, -0.1) is 0 Å². The number of hydrogen-bond donors (Lipinski definition) is 2. The van der Waals surface area contributed by atoms with Gasteiger partial charge in [-0.2, -0.15) is 0 Å². The summed E-state index contributed by atoms with van der Waals surface area (Å²) in [4.78, 5) is 53.2. The number of rotatable bonds is 6. The molecule has 1 saturated carbocycles. The van der Waals surface area contributed by atoms with E-state index in [1.165, 1.54) is 12.1 Å². The molecule has 4 rings (SSSR count). The first-order valence-electron chi connectivity index (χ1n) is 13.2. The van der Waals surface area contributed by atoms with Crippen molar-refractivity contribution in [3.8, 4) is 0 Å². The lowest BCUT2D eigenvalue weighted by Crippen LogP contribution is -2.39. The Labute approximate surface area is 227 Å². The molecule has 0 radical (unpaired) electrons. The van der Waals surface area contributed by atoms with E-state index < -0.39 is 16.4 Å². The molecule has 11 heteroatoms. The van der Waals surface area contributed by atoms with Crippen LogP contribution in [0.15, 0.2) is 36.4 Å². The molecule has 208 valence electrons. The summed E-state index contributed by atoms with van der Waals surface area (Å²) in [5, 5.41) is 17.5. The zero-order valence-electron chi connectivity index (χ0n) is 22.8. The van der Waals surface area contributed by atoms with Crippen LogP contribution in [-0.2, 0) is 4.74 Å². The second-order valence-corrected chi connectivity index (χ2v) is 11.0. The molecule has 1 aliphatic heterocycles. The van der Waals surface area contributed by atoms with Gasteiger partial charge in [0.15, 0.2) is 0 Å². The summed E-state index contributed by atoms with van der Waals surface area (Å²) in [6.45, 7) is 9.27. The highest BCUT2D eigenvalue weighted by Crippen LogP contribution is 2.28. The lowest BCUT2D eigenvalue weighted by Gasteiger charge is -2.27. The number of benzene rings is 2. The molecule has 0 atom stereocenters. The Morgan fingerprint density at radius 3 is 2.41 bits per heavy atom. The number of amides is 3. The molecule has 0 bridgehead atoms. The summed E-state index contributed by atoms with van der Waals surface area (Å²) in [6, 6.07) is 9.65. The van der Waals surface area contributed by atoms with E-state index >= 15 is 0 Å². The van der Waals surface area contributed by atoms with Crippen molar-refractivity contribution in [2.45, 2.75) is 58.6 Å². The lowest BCUT2D eigenvalue weighted by molar-refractivity contribution is -0.385. The first kappa shape index (κ1) is 27.9. The minimum Gasteiger partial charge on any atom is -0.444 e. The van der Waals surface area contributed by atoms with Crippen molar-refractivity contribution < 1.29 is 24.0 Å². The maximum atomic E-state index is 13.3. The predicted octanol–water partition coefficient (Wildman–Crippen LogP) is 4.49. The smallest absolute Gasteiger partial charge is 0.410 e. The topological polar surface area (TPSA) is 134 Å². The second kappa shape index (κ2) is 11.3. The molecular formula is C28H35N5O6. The molecule has 11 nitrogen and oxygen atoms in total. The first-order valence-corrected chi connectivity index (χ1v) is 13.2. The number of nitro benzene ring substituents is 1. The van der Waals surface area contributed by atoms with Gasteiger partial charge in [-0.25, -0.2) is 4.79 Å². The average Bonchev–Trinajstić information content (AvgIpc) is 3.70. The minimum atomic E-state index is -0.642. The Balaban J connectivity index is 1.52. The van der Waals surface area contributed by atoms with E-state index in [9.17, 15) is 24.5 Å². The first-order chi connectivity index (χ1) is 18.4. The molecule has 3 amide bonds. The van der Waals surface area contributed by atoms with Crippen LogP contribution >= 0.6 is 0 Å². The third-order valence-corrected chi connectivity index (χ3v) is 6.59. The van der Waals surface area contributed by atoms with Gasteiger partial charge in [0.2, 0.25) is 0 Å². The van der Waals surface area contributed by atoms with Crippen molar-refractivity contribution in [1.29, 1.82) is 0 Å². The van der Waals surface area contributed by atoms with Crippen LogP contribution in [0.5, 0.6) is 0 Å². The Kier molecular flexibility index (Phi) is 8.08. The minimum absolute atomic E-state index is 0.0852. The average molecular weight is 538 g/mol. The highest BCUT2D eigenvalue weighted by Gasteiger charge is 2.27. The van der Waals surface area contributed by atoms with Crippen LogP contribution in [0.4, 0.5) is 21.9 Å². The fraction of sp³-hybridized carbons (Fsp3) is 0.464. The fourth-order valence-electron chi connectivity index (χ4n) is 4.33. The molecule has 0 unspecified atom stereocenters. The fourth-order valence-corrected chi connectivity index (χ4v) is 4.33. The Morgan fingerprint density at radius 2 is 1.74 bits per heavy atom. The number of nitro groups is 1. The largest absolute Gasteiger partial charge is 0.444 e. The van der Waals surface area contributed by atoms with Crippen molar-refractivity contribution in [3.63, 3.8) is 0 Å².